The second-order valence-electron chi connectivity index (χ2n) is 7.19. The third kappa shape index (κ3) is 7.26. The Morgan fingerprint density at radius 3 is 0.870 bits per heavy atom. The Labute approximate surface area is 147 Å². The molecule has 0 radical (unpaired) electrons. The minimum atomic E-state index is -3.50. The van der Waals surface area contributed by atoms with E-state index in [1.54, 1.807) is 0 Å². The zero-order valence-corrected chi connectivity index (χ0v) is 20.7. The highest BCUT2D eigenvalue weighted by molar-refractivity contribution is 7.53. The van der Waals surface area contributed by atoms with E-state index in [0.29, 0.717) is 0 Å². The maximum Gasteiger partial charge on any atom is 0.445 e. The Bertz CT molecular complexity index is 337. The Kier molecular flexibility index (Phi) is 9.77. The van der Waals surface area contributed by atoms with Crippen molar-refractivity contribution in [2.45, 2.75) is 97.4 Å². The molecule has 23 heavy (non-hydrogen) atoms. The van der Waals surface area contributed by atoms with Crippen LogP contribution in [0, 0.1) is 0 Å². The molecule has 0 N–H and O–H groups in total. The predicted molar refractivity (Wildman–Crippen MR) is 109 cm³/mol. The number of hydrogen-bond acceptors (Lipinski definition) is 4. The summed E-state index contributed by atoms with van der Waals surface area (Å²) in [6.07, 6.45) is 0. The summed E-state index contributed by atoms with van der Waals surface area (Å²) in [7, 11) is -9.65. The highest BCUT2D eigenvalue weighted by atomic mass is 31.2. The van der Waals surface area contributed by atoms with E-state index in [2.05, 4.69) is 61.2 Å². The van der Waals surface area contributed by atoms with Crippen LogP contribution in [0.15, 0.2) is 0 Å². The maximum absolute atomic E-state index is 13.7. The second-order valence-corrected chi connectivity index (χ2v) is 23.2. The van der Waals surface area contributed by atoms with E-state index in [9.17, 15) is 4.57 Å². The largest absolute Gasteiger partial charge is 0.445 e. The van der Waals surface area contributed by atoms with Gasteiger partial charge in [-0.05, 0) is 55.9 Å². The van der Waals surface area contributed by atoms with Crippen molar-refractivity contribution in [2.75, 3.05) is 0 Å². The van der Waals surface area contributed by atoms with Crippen LogP contribution in [0.5, 0.6) is 0 Å². The molecule has 0 saturated carbocycles. The van der Waals surface area contributed by atoms with Crippen molar-refractivity contribution >= 4 is 32.8 Å². The summed E-state index contributed by atoms with van der Waals surface area (Å²) in [6, 6.07) is 5.54. The topological polar surface area (TPSA) is 44.8 Å². The van der Waals surface area contributed by atoms with Gasteiger partial charge in [-0.15, -0.1) is 0 Å². The molecule has 0 fully saturated rings. The molecule has 4 nitrogen and oxygen atoms in total. The third-order valence-electron chi connectivity index (χ3n) is 5.48. The van der Waals surface area contributed by atoms with Crippen LogP contribution in [0.3, 0.4) is 0 Å². The fourth-order valence-electron chi connectivity index (χ4n) is 2.00. The monoisotopic (exact) mass is 398 g/mol. The minimum Gasteiger partial charge on any atom is -0.331 e. The van der Waals surface area contributed by atoms with Crippen LogP contribution in [0.1, 0.15) is 41.5 Å². The lowest BCUT2D eigenvalue weighted by atomic mass is 10.9. The van der Waals surface area contributed by atoms with Crippen molar-refractivity contribution in [1.82, 2.24) is 0 Å². The molecule has 0 aliphatic rings. The molecule has 0 rings (SSSR count). The lowest BCUT2D eigenvalue weighted by Crippen LogP contribution is -2.40. The molecule has 0 unspecified atom stereocenters. The van der Waals surface area contributed by atoms with Crippen LogP contribution < -0.4 is 0 Å². The van der Waals surface area contributed by atoms with Crippen molar-refractivity contribution in [1.29, 1.82) is 0 Å². The minimum absolute atomic E-state index is 0.924. The summed E-state index contributed by atoms with van der Waals surface area (Å²) < 4.78 is 32.4. The first-order valence-corrected chi connectivity index (χ1v) is 19.1. The van der Waals surface area contributed by atoms with Crippen molar-refractivity contribution in [2.24, 2.45) is 0 Å². The third-order valence-corrected chi connectivity index (χ3v) is 22.4. The van der Waals surface area contributed by atoms with Crippen molar-refractivity contribution < 1.29 is 17.2 Å². The van der Waals surface area contributed by atoms with E-state index >= 15 is 0 Å². The predicted octanol–water partition coefficient (Wildman–Crippen LogP) is 6.99. The standard InChI is InChI=1S/C15H39O4PSi3/c1-10-21(7,11-2)17-20(16,18-22(8,12-3)13-4)19-23(9,14-5)15-6/h10-15H2,1-9H3. The van der Waals surface area contributed by atoms with E-state index in [1.807, 2.05) is 0 Å². The summed E-state index contributed by atoms with van der Waals surface area (Å²) in [6.45, 7) is 19.1. The van der Waals surface area contributed by atoms with Crippen LogP contribution in [-0.4, -0.2) is 25.0 Å². The quantitative estimate of drug-likeness (QED) is 0.262. The molecule has 140 valence electrons. The maximum atomic E-state index is 13.7. The normalized spacial score (nSPS) is 14.3. The van der Waals surface area contributed by atoms with E-state index in [0.717, 1.165) is 36.3 Å². The molecule has 0 aromatic rings. The molecular formula is C15H39O4PSi3. The van der Waals surface area contributed by atoms with Gasteiger partial charge >= 0.3 is 7.82 Å². The molecule has 0 aliphatic carbocycles. The van der Waals surface area contributed by atoms with Gasteiger partial charge in [-0.1, -0.05) is 41.5 Å². The van der Waals surface area contributed by atoms with E-state index < -0.39 is 32.8 Å². The van der Waals surface area contributed by atoms with Crippen molar-refractivity contribution in [3.05, 3.63) is 0 Å². The number of hydrogen-bond donors (Lipinski definition) is 0. The van der Waals surface area contributed by atoms with Gasteiger partial charge in [-0.3, -0.25) is 0 Å². The summed E-state index contributed by atoms with van der Waals surface area (Å²) in [5.74, 6) is 0. The van der Waals surface area contributed by atoms with Gasteiger partial charge in [-0.25, -0.2) is 4.57 Å². The molecule has 0 bridgehead atoms. The Morgan fingerprint density at radius 1 is 0.565 bits per heavy atom. The van der Waals surface area contributed by atoms with E-state index in [-0.39, 0.29) is 0 Å². The average Bonchev–Trinajstić information content (AvgIpc) is 2.53. The summed E-state index contributed by atoms with van der Waals surface area (Å²) in [5.41, 5.74) is 0. The highest BCUT2D eigenvalue weighted by Crippen LogP contribution is 2.58. The number of phosphoric acid groups is 1. The summed E-state index contributed by atoms with van der Waals surface area (Å²) in [4.78, 5) is 0. The van der Waals surface area contributed by atoms with Gasteiger partial charge in [0.25, 0.3) is 0 Å². The lowest BCUT2D eigenvalue weighted by molar-refractivity contribution is 0.285. The first-order chi connectivity index (χ1) is 10.5. The average molecular weight is 399 g/mol. The van der Waals surface area contributed by atoms with Crippen LogP contribution in [0.4, 0.5) is 0 Å². The molecule has 0 aliphatic heterocycles. The molecule has 8 heteroatoms. The van der Waals surface area contributed by atoms with E-state index in [4.69, 9.17) is 12.6 Å². The fraction of sp³-hybridized carbons (Fsp3) is 1.00. The van der Waals surface area contributed by atoms with Gasteiger partial charge in [0.2, 0.25) is 25.0 Å². The molecule has 0 spiro atoms. The first-order valence-electron chi connectivity index (χ1n) is 9.21. The molecule has 0 heterocycles. The van der Waals surface area contributed by atoms with E-state index in [1.165, 1.54) is 0 Å². The van der Waals surface area contributed by atoms with Crippen molar-refractivity contribution in [3.63, 3.8) is 0 Å². The second kappa shape index (κ2) is 9.46. The SMILES string of the molecule is CC[Si](C)(CC)OP(=O)(O[Si](C)(CC)CC)O[Si](C)(CC)CC. The first kappa shape index (κ1) is 23.8. The van der Waals surface area contributed by atoms with Gasteiger partial charge in [0.05, 0.1) is 0 Å². The number of rotatable bonds is 12. The zero-order chi connectivity index (χ0) is 18.4. The molecule has 0 atom stereocenters. The van der Waals surface area contributed by atoms with Gasteiger partial charge in [0.15, 0.2) is 0 Å². The molecule has 0 saturated heterocycles. The Hall–Kier alpha value is 0.761. The lowest BCUT2D eigenvalue weighted by Gasteiger charge is -2.38. The van der Waals surface area contributed by atoms with Crippen LogP contribution in [0.25, 0.3) is 0 Å². The van der Waals surface area contributed by atoms with Crippen LogP contribution in [0.2, 0.25) is 55.9 Å². The van der Waals surface area contributed by atoms with Gasteiger partial charge in [0.1, 0.15) is 0 Å². The molecule has 0 aromatic heterocycles. The van der Waals surface area contributed by atoms with Crippen molar-refractivity contribution in [3.8, 4) is 0 Å². The smallest absolute Gasteiger partial charge is 0.331 e. The van der Waals surface area contributed by atoms with Crippen LogP contribution in [-0.2, 0) is 17.2 Å². The van der Waals surface area contributed by atoms with Gasteiger partial charge in [0, 0.05) is 0 Å². The van der Waals surface area contributed by atoms with Gasteiger partial charge < -0.3 is 12.6 Å². The van der Waals surface area contributed by atoms with Gasteiger partial charge in [-0.2, -0.15) is 0 Å². The Balaban J connectivity index is 5.65. The molecule has 0 aromatic carbocycles. The molecule has 0 amide bonds. The fourth-order valence-corrected chi connectivity index (χ4v) is 14.5. The molecular weight excluding hydrogens is 359 g/mol. The summed E-state index contributed by atoms with van der Waals surface area (Å²) >= 11 is 0. The highest BCUT2D eigenvalue weighted by Gasteiger charge is 2.46. The zero-order valence-electron chi connectivity index (χ0n) is 16.8. The summed E-state index contributed by atoms with van der Waals surface area (Å²) in [5, 5.41) is 0. The van der Waals surface area contributed by atoms with Crippen LogP contribution >= 0.6 is 7.82 Å². The Morgan fingerprint density at radius 2 is 0.739 bits per heavy atom.